The summed E-state index contributed by atoms with van der Waals surface area (Å²) in [5.41, 5.74) is -0.508. The zero-order valence-corrected chi connectivity index (χ0v) is 41.0. The number of aryl methyl sites for hydroxylation is 2. The summed E-state index contributed by atoms with van der Waals surface area (Å²) in [5.74, 6) is 12.1. The molecule has 8 aliphatic rings. The highest BCUT2D eigenvalue weighted by Crippen LogP contribution is 2.67. The van der Waals surface area contributed by atoms with Gasteiger partial charge in [-0.05, 0) is 233 Å². The van der Waals surface area contributed by atoms with E-state index in [2.05, 4.69) is 50.0 Å². The first-order valence-corrected chi connectivity index (χ1v) is 26.9. The van der Waals surface area contributed by atoms with Gasteiger partial charge >= 0.3 is 0 Å². The Morgan fingerprint density at radius 3 is 1.70 bits per heavy atom. The molecule has 8 fully saturated rings. The van der Waals surface area contributed by atoms with Gasteiger partial charge in [0.15, 0.2) is 5.82 Å². The minimum absolute atomic E-state index is 0.399. The third-order valence-corrected chi connectivity index (χ3v) is 21.4. The van der Waals surface area contributed by atoms with Crippen molar-refractivity contribution in [3.63, 3.8) is 0 Å². The Morgan fingerprint density at radius 1 is 0.641 bits per heavy atom. The second kappa shape index (κ2) is 17.8. The van der Waals surface area contributed by atoms with Gasteiger partial charge in [-0.2, -0.15) is 4.80 Å². The largest absolute Gasteiger partial charge is 0.387 e. The van der Waals surface area contributed by atoms with E-state index in [0.29, 0.717) is 73.4 Å². The van der Waals surface area contributed by atoms with Gasteiger partial charge in [0.25, 0.3) is 5.82 Å². The number of hydrogen-bond donors (Lipinski definition) is 2. The molecule has 18 atom stereocenters. The van der Waals surface area contributed by atoms with Gasteiger partial charge in [0.1, 0.15) is 13.1 Å². The van der Waals surface area contributed by atoms with E-state index < -0.39 is 11.2 Å². The first-order valence-electron chi connectivity index (χ1n) is 26.9. The molecule has 64 heavy (non-hydrogen) atoms. The molecular weight excluding hydrogens is 801 g/mol. The first-order chi connectivity index (χ1) is 30.7. The Kier molecular flexibility index (Phi) is 12.7. The number of nitrogens with zero attached hydrogens (tertiary/aromatic N) is 8. The van der Waals surface area contributed by atoms with Gasteiger partial charge in [-0.1, -0.05) is 27.7 Å². The SMILES string of the molecule is CCOC[C@@]1(O)CC[C@H]2[C@H](CC[C@@H]3[C@@H]2CC[C@]2(C)[C@@H]([C@H](C)Cn4nc(C)[n+](CCOC[C@@]5(O)CC[C@H]6[C@H](CC[C@@H]7[C@@H]6CC[C@]6(C)[C@@H]([C@@H](C)Cn8nnc(C)n8)CC[C@@H]76)C5)n4)CC[C@@H]32)C1. The maximum atomic E-state index is 11.9. The summed E-state index contributed by atoms with van der Waals surface area (Å²) >= 11 is 0. The van der Waals surface area contributed by atoms with Crippen molar-refractivity contribution in [3.05, 3.63) is 11.6 Å². The fraction of sp³-hybridized carbons (Fsp3) is 0.962. The van der Waals surface area contributed by atoms with Crippen LogP contribution >= 0.6 is 0 Å². The Bertz CT molecular complexity index is 1920. The molecule has 12 nitrogen and oxygen atoms in total. The molecule has 0 bridgehead atoms. The molecule has 0 saturated heterocycles. The summed E-state index contributed by atoms with van der Waals surface area (Å²) < 4.78 is 14.1. The van der Waals surface area contributed by atoms with E-state index in [1.54, 1.807) is 0 Å². The summed E-state index contributed by atoms with van der Waals surface area (Å²) in [7, 11) is 0. The maximum absolute atomic E-state index is 11.9. The lowest BCUT2D eigenvalue weighted by Gasteiger charge is -2.57. The number of aromatic nitrogens is 8. The Balaban J connectivity index is 0.678. The lowest BCUT2D eigenvalue weighted by atomic mass is 9.48. The zero-order chi connectivity index (χ0) is 44.6. The van der Waals surface area contributed by atoms with Crippen LogP contribution in [0.3, 0.4) is 0 Å². The van der Waals surface area contributed by atoms with Crippen molar-refractivity contribution in [1.82, 2.24) is 35.3 Å². The van der Waals surface area contributed by atoms with Gasteiger partial charge < -0.3 is 19.7 Å². The molecule has 2 aromatic rings. The quantitative estimate of drug-likeness (QED) is 0.142. The van der Waals surface area contributed by atoms with Crippen molar-refractivity contribution >= 4 is 0 Å². The molecule has 358 valence electrons. The highest BCUT2D eigenvalue weighted by atomic mass is 16.5. The smallest absolute Gasteiger partial charge is 0.295 e. The lowest BCUT2D eigenvalue weighted by molar-refractivity contribution is -0.762. The van der Waals surface area contributed by atoms with Gasteiger partial charge in [-0.3, -0.25) is 0 Å². The van der Waals surface area contributed by atoms with Gasteiger partial charge in [-0.15, -0.1) is 14.9 Å². The molecule has 0 spiro atoms. The van der Waals surface area contributed by atoms with Crippen molar-refractivity contribution in [2.45, 2.75) is 195 Å². The Hall–Kier alpha value is -2.02. The third kappa shape index (κ3) is 8.36. The Labute approximate surface area is 385 Å². The van der Waals surface area contributed by atoms with Crippen LogP contribution in [-0.4, -0.2) is 83.2 Å². The number of rotatable bonds is 14. The highest BCUT2D eigenvalue weighted by molar-refractivity contribution is 5.09. The molecule has 0 aliphatic heterocycles. The van der Waals surface area contributed by atoms with Gasteiger partial charge in [0.2, 0.25) is 0 Å². The summed E-state index contributed by atoms with van der Waals surface area (Å²) in [4.78, 5) is 3.80. The van der Waals surface area contributed by atoms with Crippen LogP contribution in [0.25, 0.3) is 0 Å². The maximum Gasteiger partial charge on any atom is 0.295 e. The van der Waals surface area contributed by atoms with Crippen molar-refractivity contribution in [1.29, 1.82) is 0 Å². The molecule has 0 radical (unpaired) electrons. The van der Waals surface area contributed by atoms with Gasteiger partial charge in [0.05, 0.1) is 47.9 Å². The van der Waals surface area contributed by atoms with E-state index in [1.165, 1.54) is 83.5 Å². The molecule has 2 N–H and O–H groups in total. The van der Waals surface area contributed by atoms with Crippen LogP contribution in [0.4, 0.5) is 0 Å². The van der Waals surface area contributed by atoms with Crippen LogP contribution in [0.2, 0.25) is 0 Å². The van der Waals surface area contributed by atoms with Gasteiger partial charge in [-0.25, -0.2) is 0 Å². The molecule has 8 aliphatic carbocycles. The van der Waals surface area contributed by atoms with Crippen LogP contribution in [0.15, 0.2) is 0 Å². The molecular formula is C52H87N8O4+. The second-order valence-corrected chi connectivity index (χ2v) is 24.7. The molecule has 2 heterocycles. The predicted octanol–water partition coefficient (Wildman–Crippen LogP) is 8.19. The summed E-state index contributed by atoms with van der Waals surface area (Å²) in [5, 5.41) is 46.1. The van der Waals surface area contributed by atoms with Crippen LogP contribution in [-0.2, 0) is 29.1 Å². The fourth-order valence-corrected chi connectivity index (χ4v) is 18.7. The molecule has 2 aromatic heterocycles. The second-order valence-electron chi connectivity index (χ2n) is 24.7. The average Bonchev–Trinajstić information content (AvgIpc) is 4.04. The number of aliphatic hydroxyl groups is 2. The lowest BCUT2D eigenvalue weighted by Crippen LogP contribution is -2.52. The third-order valence-electron chi connectivity index (χ3n) is 21.4. The summed E-state index contributed by atoms with van der Waals surface area (Å²) in [6.45, 7) is 20.8. The van der Waals surface area contributed by atoms with E-state index in [-0.39, 0.29) is 0 Å². The van der Waals surface area contributed by atoms with Crippen LogP contribution < -0.4 is 4.68 Å². The minimum atomic E-state index is -0.718. The van der Waals surface area contributed by atoms with E-state index in [0.717, 1.165) is 110 Å². The predicted molar refractivity (Wildman–Crippen MR) is 244 cm³/mol. The first kappa shape index (κ1) is 45.7. The van der Waals surface area contributed by atoms with Crippen LogP contribution in [0.5, 0.6) is 0 Å². The van der Waals surface area contributed by atoms with Crippen molar-refractivity contribution in [2.75, 3.05) is 26.4 Å². The highest BCUT2D eigenvalue weighted by Gasteiger charge is 2.60. The van der Waals surface area contributed by atoms with E-state index in [1.807, 2.05) is 28.1 Å². The van der Waals surface area contributed by atoms with Gasteiger partial charge in [0, 0.05) is 13.5 Å². The van der Waals surface area contributed by atoms with E-state index in [4.69, 9.17) is 19.8 Å². The molecule has 10 rings (SSSR count). The summed E-state index contributed by atoms with van der Waals surface area (Å²) in [6.07, 6.45) is 22.1. The monoisotopic (exact) mass is 888 g/mol. The number of tetrazole rings is 2. The normalized spacial score (nSPS) is 44.8. The minimum Gasteiger partial charge on any atom is -0.387 e. The average molecular weight is 888 g/mol. The van der Waals surface area contributed by atoms with Crippen molar-refractivity contribution in [3.8, 4) is 0 Å². The van der Waals surface area contributed by atoms with Crippen LogP contribution in [0, 0.1) is 108 Å². The van der Waals surface area contributed by atoms with Crippen molar-refractivity contribution in [2.24, 2.45) is 93.7 Å². The zero-order valence-electron chi connectivity index (χ0n) is 41.0. The topological polar surface area (TPSA) is 137 Å². The van der Waals surface area contributed by atoms with E-state index >= 15 is 0 Å². The molecule has 8 saturated carbocycles. The summed E-state index contributed by atoms with van der Waals surface area (Å²) in [6, 6.07) is 0. The number of hydrogen-bond acceptors (Lipinski definition) is 9. The van der Waals surface area contributed by atoms with Crippen molar-refractivity contribution < 1.29 is 24.4 Å². The fourth-order valence-electron chi connectivity index (χ4n) is 18.7. The Morgan fingerprint density at radius 2 is 1.17 bits per heavy atom. The number of ether oxygens (including phenoxy) is 2. The number of fused-ring (bicyclic) bond motifs is 10. The van der Waals surface area contributed by atoms with Crippen LogP contribution in [0.1, 0.15) is 162 Å². The molecule has 0 aromatic carbocycles. The molecule has 0 amide bonds. The van der Waals surface area contributed by atoms with E-state index in [9.17, 15) is 10.2 Å². The molecule has 0 unspecified atom stereocenters. The standard InChI is InChI=1S/C52H87N8O4/c1-8-63-31-51(61)23-19-39-37(27-51)9-11-44-41(39)18-22-50(7)46(14-16-48(44)50)34(3)30-60-55-36(5)58(57-60)25-26-64-32-52(62)24-20-40-38(28-52)10-12-43-42(40)17-21-49(6)45(13-15-47(43)49)33(2)29-59-54-35(4)53-56-59/h33-34,37-48,61-62H,8-32H2,1-7H3/q+1/t33-,34+,37+,38+,39-,40-,41+,42+,43+,44+,45+,46+,47-,48-,49+,50+,51+,52+/m0/s1. The molecule has 12 heteroatoms.